The highest BCUT2D eigenvalue weighted by atomic mass is 16.3. The van der Waals surface area contributed by atoms with E-state index >= 15 is 0 Å². The first kappa shape index (κ1) is 16.2. The van der Waals surface area contributed by atoms with E-state index in [1.807, 2.05) is 48.3 Å². The first-order valence-electron chi connectivity index (χ1n) is 8.29. The first-order chi connectivity index (χ1) is 11.1. The van der Waals surface area contributed by atoms with E-state index in [-0.39, 0.29) is 0 Å². The van der Waals surface area contributed by atoms with Gasteiger partial charge in [-0.15, -0.1) is 0 Å². The van der Waals surface area contributed by atoms with E-state index in [1.54, 1.807) is 0 Å². The molecule has 5 heteroatoms. The lowest BCUT2D eigenvalue weighted by atomic mass is 10.1. The molecule has 2 heterocycles. The molecule has 0 spiro atoms. The number of β-amino-alcohol motifs (C(OH)–C–C–N with tert-alkyl or cyclic N) is 1. The average Bonchev–Trinajstić information content (AvgIpc) is 2.96. The Balaban J connectivity index is 1.52. The van der Waals surface area contributed by atoms with Gasteiger partial charge in [-0.1, -0.05) is 30.3 Å². The van der Waals surface area contributed by atoms with Crippen LogP contribution in [0.3, 0.4) is 0 Å². The fraction of sp³-hybridized carbons (Fsp3) is 0.500. The molecule has 1 aromatic heterocycles. The van der Waals surface area contributed by atoms with Crippen molar-refractivity contribution in [3.8, 4) is 0 Å². The lowest BCUT2D eigenvalue weighted by Gasteiger charge is -2.40. The zero-order valence-corrected chi connectivity index (χ0v) is 14.0. The summed E-state index contributed by atoms with van der Waals surface area (Å²) in [5.74, 6) is 0. The molecular weight excluding hydrogens is 288 g/mol. The summed E-state index contributed by atoms with van der Waals surface area (Å²) in [6.07, 6.45) is 3.61. The maximum Gasteiger partial charge on any atom is 0.0917 e. The Morgan fingerprint density at radius 1 is 1.26 bits per heavy atom. The molecule has 23 heavy (non-hydrogen) atoms. The lowest BCUT2D eigenvalue weighted by Crippen LogP contribution is -2.52. The van der Waals surface area contributed by atoms with E-state index < -0.39 is 6.10 Å². The molecule has 0 bridgehead atoms. The molecule has 124 valence electrons. The van der Waals surface area contributed by atoms with E-state index in [0.29, 0.717) is 12.6 Å². The van der Waals surface area contributed by atoms with Crippen LogP contribution in [-0.4, -0.2) is 56.9 Å². The zero-order chi connectivity index (χ0) is 16.2. The second-order valence-electron chi connectivity index (χ2n) is 6.53. The molecule has 3 rings (SSSR count). The highest BCUT2D eigenvalue weighted by molar-refractivity contribution is 5.17. The molecule has 0 aliphatic carbocycles. The highest BCUT2D eigenvalue weighted by Gasteiger charge is 2.25. The molecule has 1 aliphatic heterocycles. The number of aliphatic hydroxyl groups excluding tert-OH is 1. The molecule has 2 atom stereocenters. The smallest absolute Gasteiger partial charge is 0.0917 e. The van der Waals surface area contributed by atoms with E-state index in [9.17, 15) is 5.11 Å². The van der Waals surface area contributed by atoms with E-state index in [1.165, 1.54) is 5.56 Å². The summed E-state index contributed by atoms with van der Waals surface area (Å²) >= 11 is 0. The Labute approximate surface area is 138 Å². The van der Waals surface area contributed by atoms with Crippen molar-refractivity contribution in [2.45, 2.75) is 25.6 Å². The van der Waals surface area contributed by atoms with Gasteiger partial charge in [0.2, 0.25) is 0 Å². The topological polar surface area (TPSA) is 44.5 Å². The van der Waals surface area contributed by atoms with Gasteiger partial charge in [0.05, 0.1) is 12.3 Å². The largest absolute Gasteiger partial charge is 0.387 e. The predicted octanol–water partition coefficient (Wildman–Crippen LogP) is 1.66. The monoisotopic (exact) mass is 314 g/mol. The van der Waals surface area contributed by atoms with Crippen LogP contribution < -0.4 is 0 Å². The fourth-order valence-electron chi connectivity index (χ4n) is 3.30. The SMILES string of the molecule is C[C@@H]1CN(Cc2cnn(C)c2)CCN1C[C@H](O)c1ccccc1. The normalized spacial score (nSPS) is 21.4. The molecule has 1 fully saturated rings. The summed E-state index contributed by atoms with van der Waals surface area (Å²) in [6.45, 7) is 6.94. The third-order valence-corrected chi connectivity index (χ3v) is 4.61. The number of benzene rings is 1. The van der Waals surface area contributed by atoms with Gasteiger partial charge in [-0.05, 0) is 12.5 Å². The van der Waals surface area contributed by atoms with Crippen LogP contribution in [0.1, 0.15) is 24.2 Å². The van der Waals surface area contributed by atoms with Crippen molar-refractivity contribution in [2.24, 2.45) is 7.05 Å². The van der Waals surface area contributed by atoms with Crippen LogP contribution in [0.25, 0.3) is 0 Å². The van der Waals surface area contributed by atoms with Crippen LogP contribution in [0, 0.1) is 0 Å². The van der Waals surface area contributed by atoms with Gasteiger partial charge >= 0.3 is 0 Å². The number of hydrogen-bond acceptors (Lipinski definition) is 4. The number of rotatable bonds is 5. The predicted molar refractivity (Wildman–Crippen MR) is 90.9 cm³/mol. The van der Waals surface area contributed by atoms with Gasteiger partial charge in [0.1, 0.15) is 0 Å². The zero-order valence-electron chi connectivity index (χ0n) is 14.0. The maximum atomic E-state index is 10.4. The van der Waals surface area contributed by atoms with Gasteiger partial charge in [-0.3, -0.25) is 14.5 Å². The van der Waals surface area contributed by atoms with Gasteiger partial charge in [0.25, 0.3) is 0 Å². The molecule has 0 unspecified atom stereocenters. The number of aromatic nitrogens is 2. The summed E-state index contributed by atoms with van der Waals surface area (Å²) < 4.78 is 1.85. The van der Waals surface area contributed by atoms with Crippen molar-refractivity contribution in [3.63, 3.8) is 0 Å². The standard InChI is InChI=1S/C18H26N4O/c1-15-11-21(13-16-10-19-20(2)12-16)8-9-22(15)14-18(23)17-6-4-3-5-7-17/h3-7,10,12,15,18,23H,8-9,11,13-14H2,1-2H3/t15-,18+/m1/s1. The highest BCUT2D eigenvalue weighted by Crippen LogP contribution is 2.18. The molecule has 5 nitrogen and oxygen atoms in total. The Bertz CT molecular complexity index is 612. The van der Waals surface area contributed by atoms with E-state index in [4.69, 9.17) is 0 Å². The van der Waals surface area contributed by atoms with Crippen molar-refractivity contribution in [3.05, 3.63) is 53.9 Å². The molecule has 0 radical (unpaired) electrons. The molecule has 2 aromatic rings. The van der Waals surface area contributed by atoms with E-state index in [0.717, 1.165) is 31.7 Å². The number of aryl methyl sites for hydroxylation is 1. The molecule has 0 amide bonds. The minimum atomic E-state index is -0.413. The van der Waals surface area contributed by atoms with Crippen molar-refractivity contribution in [1.82, 2.24) is 19.6 Å². The summed E-state index contributed by atoms with van der Waals surface area (Å²) in [6, 6.07) is 10.4. The molecule has 1 aliphatic rings. The molecule has 0 saturated carbocycles. The second kappa shape index (κ2) is 7.25. The van der Waals surface area contributed by atoms with Crippen LogP contribution in [0.15, 0.2) is 42.7 Å². The summed E-state index contributed by atoms with van der Waals surface area (Å²) in [5.41, 5.74) is 2.26. The lowest BCUT2D eigenvalue weighted by molar-refractivity contribution is 0.0362. The van der Waals surface area contributed by atoms with Crippen LogP contribution in [0.2, 0.25) is 0 Å². The van der Waals surface area contributed by atoms with Crippen molar-refractivity contribution in [2.75, 3.05) is 26.2 Å². The quantitative estimate of drug-likeness (QED) is 0.912. The third-order valence-electron chi connectivity index (χ3n) is 4.61. The molecule has 1 N–H and O–H groups in total. The Hall–Kier alpha value is -1.69. The minimum Gasteiger partial charge on any atom is -0.387 e. The van der Waals surface area contributed by atoms with E-state index in [2.05, 4.69) is 28.0 Å². The van der Waals surface area contributed by atoms with Gasteiger partial charge in [0, 0.05) is 57.6 Å². The van der Waals surface area contributed by atoms with Crippen molar-refractivity contribution < 1.29 is 5.11 Å². The molecule has 1 saturated heterocycles. The fourth-order valence-corrected chi connectivity index (χ4v) is 3.30. The number of hydrogen-bond donors (Lipinski definition) is 1. The van der Waals surface area contributed by atoms with Gasteiger partial charge in [0.15, 0.2) is 0 Å². The number of nitrogens with zero attached hydrogens (tertiary/aromatic N) is 4. The average molecular weight is 314 g/mol. The Morgan fingerprint density at radius 3 is 2.70 bits per heavy atom. The van der Waals surface area contributed by atoms with Crippen LogP contribution in [-0.2, 0) is 13.6 Å². The van der Waals surface area contributed by atoms with Crippen LogP contribution in [0.4, 0.5) is 0 Å². The number of aliphatic hydroxyl groups is 1. The van der Waals surface area contributed by atoms with Gasteiger partial charge in [-0.2, -0.15) is 5.10 Å². The van der Waals surface area contributed by atoms with Crippen LogP contribution in [0.5, 0.6) is 0 Å². The van der Waals surface area contributed by atoms with Gasteiger partial charge in [-0.25, -0.2) is 0 Å². The number of piperazine rings is 1. The second-order valence-corrected chi connectivity index (χ2v) is 6.53. The molecular formula is C18H26N4O. The molecule has 1 aromatic carbocycles. The Kier molecular flexibility index (Phi) is 5.10. The van der Waals surface area contributed by atoms with Crippen molar-refractivity contribution >= 4 is 0 Å². The van der Waals surface area contributed by atoms with Gasteiger partial charge < -0.3 is 5.11 Å². The van der Waals surface area contributed by atoms with Crippen molar-refractivity contribution in [1.29, 1.82) is 0 Å². The maximum absolute atomic E-state index is 10.4. The summed E-state index contributed by atoms with van der Waals surface area (Å²) in [7, 11) is 1.95. The summed E-state index contributed by atoms with van der Waals surface area (Å²) in [5, 5.41) is 14.7. The summed E-state index contributed by atoms with van der Waals surface area (Å²) in [4.78, 5) is 4.85. The third kappa shape index (κ3) is 4.19. The minimum absolute atomic E-state index is 0.413. The first-order valence-corrected chi connectivity index (χ1v) is 8.29. The Morgan fingerprint density at radius 2 is 2.04 bits per heavy atom. The van der Waals surface area contributed by atoms with Crippen LogP contribution >= 0.6 is 0 Å².